The summed E-state index contributed by atoms with van der Waals surface area (Å²) in [5, 5.41) is 3.37. The van der Waals surface area contributed by atoms with Gasteiger partial charge in [0.2, 0.25) is 0 Å². The molecule has 3 atom stereocenters. The third kappa shape index (κ3) is 3.93. The van der Waals surface area contributed by atoms with Crippen LogP contribution in [0.25, 0.3) is 0 Å². The highest BCUT2D eigenvalue weighted by molar-refractivity contribution is 7.85. The number of hydrogen-bond acceptors (Lipinski definition) is 2. The summed E-state index contributed by atoms with van der Waals surface area (Å²) in [6.07, 6.45) is 0.927. The predicted octanol–water partition coefficient (Wildman–Crippen LogP) is 2.80. The van der Waals surface area contributed by atoms with Crippen molar-refractivity contribution in [3.8, 4) is 0 Å². The molecular formula is C14H23NOS. The van der Waals surface area contributed by atoms with Crippen molar-refractivity contribution >= 4 is 10.8 Å². The molecule has 0 spiro atoms. The number of benzene rings is 1. The lowest BCUT2D eigenvalue weighted by molar-refractivity contribution is 0.554. The fourth-order valence-electron chi connectivity index (χ4n) is 1.84. The molecule has 0 saturated carbocycles. The van der Waals surface area contributed by atoms with E-state index in [1.54, 1.807) is 0 Å². The van der Waals surface area contributed by atoms with Crippen LogP contribution in [-0.2, 0) is 10.8 Å². The molecule has 2 nitrogen and oxygen atoms in total. The molecule has 0 saturated heterocycles. The summed E-state index contributed by atoms with van der Waals surface area (Å²) < 4.78 is 12.5. The fraction of sp³-hybridized carbons (Fsp3) is 0.571. The first-order valence-corrected chi connectivity index (χ1v) is 7.32. The zero-order valence-electron chi connectivity index (χ0n) is 11.4. The number of nitrogens with one attached hydrogen (secondary N) is 1. The van der Waals surface area contributed by atoms with Crippen LogP contribution < -0.4 is 5.32 Å². The third-order valence-electron chi connectivity index (χ3n) is 3.10. The van der Waals surface area contributed by atoms with Crippen LogP contribution in [0.3, 0.4) is 0 Å². The van der Waals surface area contributed by atoms with Gasteiger partial charge in [0.15, 0.2) is 0 Å². The molecule has 17 heavy (non-hydrogen) atoms. The molecule has 1 aromatic carbocycles. The van der Waals surface area contributed by atoms with Crippen molar-refractivity contribution in [2.45, 2.75) is 50.3 Å². The zero-order chi connectivity index (χ0) is 13.0. The van der Waals surface area contributed by atoms with E-state index in [1.807, 2.05) is 27.0 Å². The monoisotopic (exact) mass is 253 g/mol. The lowest BCUT2D eigenvalue weighted by Crippen LogP contribution is -2.27. The second kappa shape index (κ2) is 6.31. The highest BCUT2D eigenvalue weighted by Gasteiger charge is 2.17. The van der Waals surface area contributed by atoms with Gasteiger partial charge in [-0.05, 0) is 51.4 Å². The maximum absolute atomic E-state index is 12.5. The quantitative estimate of drug-likeness (QED) is 0.874. The number of aryl methyl sites for hydroxylation is 2. The second-order valence-corrected chi connectivity index (χ2v) is 6.64. The summed E-state index contributed by atoms with van der Waals surface area (Å²) in [4.78, 5) is 0.987. The molecule has 0 bridgehead atoms. The Kier molecular flexibility index (Phi) is 5.34. The van der Waals surface area contributed by atoms with Gasteiger partial charge in [-0.1, -0.05) is 19.1 Å². The van der Waals surface area contributed by atoms with Gasteiger partial charge in [-0.25, -0.2) is 0 Å². The maximum atomic E-state index is 12.5. The van der Waals surface area contributed by atoms with E-state index in [1.165, 1.54) is 5.56 Å². The minimum Gasteiger partial charge on any atom is -0.317 e. The van der Waals surface area contributed by atoms with E-state index in [4.69, 9.17) is 0 Å². The van der Waals surface area contributed by atoms with Crippen molar-refractivity contribution in [2.75, 3.05) is 7.05 Å². The summed E-state index contributed by atoms with van der Waals surface area (Å²) >= 11 is 0. The molecule has 3 unspecified atom stereocenters. The van der Waals surface area contributed by atoms with Crippen molar-refractivity contribution in [3.05, 3.63) is 29.3 Å². The number of rotatable bonds is 5. The van der Waals surface area contributed by atoms with Crippen LogP contribution in [0, 0.1) is 13.8 Å². The van der Waals surface area contributed by atoms with Gasteiger partial charge in [0.25, 0.3) is 0 Å². The third-order valence-corrected chi connectivity index (χ3v) is 4.90. The van der Waals surface area contributed by atoms with Gasteiger partial charge in [-0.3, -0.25) is 4.21 Å². The van der Waals surface area contributed by atoms with Gasteiger partial charge < -0.3 is 5.32 Å². The van der Waals surface area contributed by atoms with Crippen LogP contribution in [0.5, 0.6) is 0 Å². The minimum atomic E-state index is -0.912. The Labute approximate surface area is 107 Å². The van der Waals surface area contributed by atoms with Crippen molar-refractivity contribution < 1.29 is 4.21 Å². The summed E-state index contributed by atoms with van der Waals surface area (Å²) in [6, 6.07) is 6.57. The van der Waals surface area contributed by atoms with E-state index in [-0.39, 0.29) is 5.25 Å². The topological polar surface area (TPSA) is 29.1 Å². The van der Waals surface area contributed by atoms with Crippen molar-refractivity contribution in [2.24, 2.45) is 0 Å². The molecule has 96 valence electrons. The largest absolute Gasteiger partial charge is 0.317 e. The van der Waals surface area contributed by atoms with Crippen molar-refractivity contribution in [1.82, 2.24) is 5.32 Å². The first-order chi connectivity index (χ1) is 7.95. The van der Waals surface area contributed by atoms with Gasteiger partial charge in [0, 0.05) is 16.2 Å². The van der Waals surface area contributed by atoms with Gasteiger partial charge in [0.1, 0.15) is 0 Å². The van der Waals surface area contributed by atoms with Gasteiger partial charge in [-0.2, -0.15) is 0 Å². The lowest BCUT2D eigenvalue weighted by Gasteiger charge is -2.17. The zero-order valence-corrected chi connectivity index (χ0v) is 12.2. The smallest absolute Gasteiger partial charge is 0.0561 e. The minimum absolute atomic E-state index is 0.179. The number of hydrogen-bond donors (Lipinski definition) is 1. The standard InChI is InChI=1S/C14H23NOS/c1-10-6-7-11(2)14(8-10)17(16)13(4)9-12(3)15-5/h6-8,12-13,15H,9H2,1-5H3. The molecule has 1 rings (SSSR count). The molecule has 0 aromatic heterocycles. The highest BCUT2D eigenvalue weighted by Crippen LogP contribution is 2.20. The molecule has 1 N–H and O–H groups in total. The van der Waals surface area contributed by atoms with Crippen LogP contribution in [0.2, 0.25) is 0 Å². The van der Waals surface area contributed by atoms with Crippen LogP contribution in [0.4, 0.5) is 0 Å². The molecular weight excluding hydrogens is 230 g/mol. The summed E-state index contributed by atoms with van der Waals surface area (Å²) in [5.74, 6) is 0. The Morgan fingerprint density at radius 3 is 2.53 bits per heavy atom. The molecule has 0 fully saturated rings. The Hall–Kier alpha value is -0.670. The van der Waals surface area contributed by atoms with E-state index in [2.05, 4.69) is 31.3 Å². The maximum Gasteiger partial charge on any atom is 0.0561 e. The normalized spacial score (nSPS) is 16.5. The molecule has 0 aliphatic heterocycles. The molecule has 0 radical (unpaired) electrons. The van der Waals surface area contributed by atoms with Crippen LogP contribution >= 0.6 is 0 Å². The molecule has 0 amide bonds. The van der Waals surface area contributed by atoms with Gasteiger partial charge in [-0.15, -0.1) is 0 Å². The van der Waals surface area contributed by atoms with Crippen molar-refractivity contribution in [1.29, 1.82) is 0 Å². The van der Waals surface area contributed by atoms with Gasteiger partial charge in [0.05, 0.1) is 10.8 Å². The highest BCUT2D eigenvalue weighted by atomic mass is 32.2. The van der Waals surface area contributed by atoms with Crippen LogP contribution in [0.1, 0.15) is 31.4 Å². The van der Waals surface area contributed by atoms with Crippen molar-refractivity contribution in [3.63, 3.8) is 0 Å². The first-order valence-electron chi connectivity index (χ1n) is 6.10. The molecule has 0 aliphatic carbocycles. The lowest BCUT2D eigenvalue weighted by atomic mass is 10.2. The average Bonchev–Trinajstić information content (AvgIpc) is 2.31. The summed E-state index contributed by atoms with van der Waals surface area (Å²) in [6.45, 7) is 8.25. The van der Waals surface area contributed by atoms with E-state index >= 15 is 0 Å². The van der Waals surface area contributed by atoms with Crippen LogP contribution in [0.15, 0.2) is 23.1 Å². The predicted molar refractivity (Wildman–Crippen MR) is 74.9 cm³/mol. The Bertz CT molecular complexity index is 403. The molecule has 0 heterocycles. The van der Waals surface area contributed by atoms with E-state index in [9.17, 15) is 4.21 Å². The SMILES string of the molecule is CNC(C)CC(C)S(=O)c1cc(C)ccc1C. The molecule has 3 heteroatoms. The molecule has 1 aromatic rings. The van der Waals surface area contributed by atoms with E-state index < -0.39 is 10.8 Å². The van der Waals surface area contributed by atoms with E-state index in [0.29, 0.717) is 6.04 Å². The average molecular weight is 253 g/mol. The van der Waals surface area contributed by atoms with Gasteiger partial charge >= 0.3 is 0 Å². The Morgan fingerprint density at radius 1 is 1.29 bits per heavy atom. The Balaban J connectivity index is 2.85. The molecule has 0 aliphatic rings. The van der Waals surface area contributed by atoms with E-state index in [0.717, 1.165) is 16.9 Å². The summed E-state index contributed by atoms with van der Waals surface area (Å²) in [7, 11) is 1.03. The fourth-order valence-corrected chi connectivity index (χ4v) is 3.43. The summed E-state index contributed by atoms with van der Waals surface area (Å²) in [5.41, 5.74) is 2.30. The van der Waals surface area contributed by atoms with Crippen LogP contribution in [-0.4, -0.2) is 22.5 Å². The second-order valence-electron chi connectivity index (χ2n) is 4.80. The Morgan fingerprint density at radius 2 is 1.94 bits per heavy atom. The first kappa shape index (κ1) is 14.4.